The lowest BCUT2D eigenvalue weighted by atomic mass is 10.4. The molecule has 108 valence electrons. The van der Waals surface area contributed by atoms with Gasteiger partial charge in [0, 0.05) is 5.57 Å². The van der Waals surface area contributed by atoms with Crippen molar-refractivity contribution in [2.75, 3.05) is 33.8 Å². The lowest BCUT2D eigenvalue weighted by Crippen LogP contribution is -2.42. The number of hydrogen-bond acceptors (Lipinski definition) is 4. The molecule has 0 aromatic heterocycles. The summed E-state index contributed by atoms with van der Waals surface area (Å²) in [7, 11) is -0.455. The van der Waals surface area contributed by atoms with Crippen molar-refractivity contribution < 1.29 is 31.5 Å². The van der Waals surface area contributed by atoms with E-state index >= 15 is 0 Å². The zero-order chi connectivity index (χ0) is 15.0. The topological polar surface area (TPSA) is 101 Å². The third kappa shape index (κ3) is 17.4. The van der Waals surface area contributed by atoms with Gasteiger partial charge in [0.25, 0.3) is 0 Å². The smallest absolute Gasteiger partial charge is 0.394 e. The highest BCUT2D eigenvalue weighted by Gasteiger charge is 2.12. The Hall–Kier alpha value is -0.960. The van der Waals surface area contributed by atoms with E-state index in [1.54, 1.807) is 6.92 Å². The minimum Gasteiger partial charge on any atom is -0.456 e. The molecule has 0 aliphatic carbocycles. The number of quaternary nitrogens is 1. The molecule has 0 bridgehead atoms. The first-order chi connectivity index (χ1) is 7.89. The Bertz CT molecular complexity index is 366. The van der Waals surface area contributed by atoms with Crippen LogP contribution in [0.1, 0.15) is 13.8 Å². The minimum atomic E-state index is -4.67. The number of carbonyl (C=O) groups excluding carboxylic acids is 1. The summed E-state index contributed by atoms with van der Waals surface area (Å²) in [6, 6.07) is 0. The summed E-state index contributed by atoms with van der Waals surface area (Å²) in [4.78, 5) is 11.0. The first-order valence-corrected chi connectivity index (χ1v) is 6.63. The molecule has 8 heteroatoms. The molecule has 0 radical (unpaired) electrons. The minimum absolute atomic E-state index is 0.295. The van der Waals surface area contributed by atoms with Crippen LogP contribution in [0.4, 0.5) is 0 Å². The summed E-state index contributed by atoms with van der Waals surface area (Å²) in [5, 5.41) is 0. The molecule has 0 saturated carbocycles. The fourth-order valence-electron chi connectivity index (χ4n) is 0.667. The highest BCUT2D eigenvalue weighted by Crippen LogP contribution is 1.97. The highest BCUT2D eigenvalue weighted by molar-refractivity contribution is 7.79. The molecule has 0 fully saturated rings. The molecular weight excluding hydrogens is 262 g/mol. The van der Waals surface area contributed by atoms with E-state index in [1.807, 2.05) is 0 Å². The van der Waals surface area contributed by atoms with E-state index in [9.17, 15) is 4.79 Å². The van der Waals surface area contributed by atoms with Gasteiger partial charge in [0.1, 0.15) is 13.2 Å². The number of carbonyl (C=O) groups is 1. The molecule has 0 amide bonds. The van der Waals surface area contributed by atoms with Gasteiger partial charge in [0.05, 0.1) is 20.6 Å². The van der Waals surface area contributed by atoms with Crippen LogP contribution in [0.25, 0.3) is 0 Å². The first kappa shape index (κ1) is 19.4. The fraction of sp³-hybridized carbons (Fsp3) is 0.700. The van der Waals surface area contributed by atoms with Crippen LogP contribution >= 0.6 is 0 Å². The number of esters is 1. The van der Waals surface area contributed by atoms with Crippen LogP contribution in [-0.4, -0.2) is 61.8 Å². The molecule has 18 heavy (non-hydrogen) atoms. The molecule has 0 atom stereocenters. The van der Waals surface area contributed by atoms with Crippen molar-refractivity contribution in [2.24, 2.45) is 0 Å². The van der Waals surface area contributed by atoms with Crippen molar-refractivity contribution in [1.29, 1.82) is 0 Å². The van der Waals surface area contributed by atoms with Crippen molar-refractivity contribution in [3.8, 4) is 0 Å². The summed E-state index contributed by atoms with van der Waals surface area (Å²) in [6.07, 6.45) is 0. The Morgan fingerprint density at radius 2 is 1.72 bits per heavy atom. The standard InChI is InChI=1S/C10H20NO2.H2O4S/c1-6-11(4,5)7-8-13-10(12)9(2)3;1-5(2,3)4/h2,6-8H2,1,3-5H3;(H2,1,2,3,4)/q+1;. The SMILES string of the molecule is C=C(C)C(=O)OCC[N+](C)(C)CC.O=S(=O)(O)O. The molecule has 0 rings (SSSR count). The quantitative estimate of drug-likeness (QED) is 0.331. The largest absolute Gasteiger partial charge is 0.456 e. The second kappa shape index (κ2) is 8.20. The van der Waals surface area contributed by atoms with Gasteiger partial charge in [-0.15, -0.1) is 0 Å². The van der Waals surface area contributed by atoms with Crippen LogP contribution in [0.5, 0.6) is 0 Å². The van der Waals surface area contributed by atoms with Gasteiger partial charge in [-0.1, -0.05) is 6.58 Å². The van der Waals surface area contributed by atoms with E-state index in [1.165, 1.54) is 0 Å². The van der Waals surface area contributed by atoms with Crippen molar-refractivity contribution >= 4 is 16.4 Å². The van der Waals surface area contributed by atoms with Gasteiger partial charge in [-0.05, 0) is 13.8 Å². The molecule has 0 saturated heterocycles. The normalized spacial score (nSPS) is 11.2. The predicted octanol–water partition coefficient (Wildman–Crippen LogP) is 0.549. The molecule has 0 unspecified atom stereocenters. The van der Waals surface area contributed by atoms with Crippen LogP contribution in [0.3, 0.4) is 0 Å². The van der Waals surface area contributed by atoms with Crippen LogP contribution < -0.4 is 0 Å². The monoisotopic (exact) mass is 284 g/mol. The second-order valence-electron chi connectivity index (χ2n) is 4.34. The number of rotatable bonds is 5. The second-order valence-corrected chi connectivity index (χ2v) is 5.24. The molecule has 0 aromatic carbocycles. The summed E-state index contributed by atoms with van der Waals surface area (Å²) in [6.45, 7) is 9.62. The molecule has 2 N–H and O–H groups in total. The van der Waals surface area contributed by atoms with Crippen LogP contribution in [0.2, 0.25) is 0 Å². The molecule has 7 nitrogen and oxygen atoms in total. The summed E-state index contributed by atoms with van der Waals surface area (Å²) >= 11 is 0. The van der Waals surface area contributed by atoms with E-state index in [0.29, 0.717) is 12.2 Å². The van der Waals surface area contributed by atoms with E-state index in [2.05, 4.69) is 27.6 Å². The third-order valence-electron chi connectivity index (χ3n) is 2.13. The maximum Gasteiger partial charge on any atom is 0.394 e. The van der Waals surface area contributed by atoms with Crippen molar-refractivity contribution in [1.82, 2.24) is 0 Å². The average Bonchev–Trinajstić information content (AvgIpc) is 2.14. The van der Waals surface area contributed by atoms with Gasteiger partial charge in [0.2, 0.25) is 0 Å². The lowest BCUT2D eigenvalue weighted by molar-refractivity contribution is -0.888. The van der Waals surface area contributed by atoms with E-state index in [0.717, 1.165) is 17.6 Å². The summed E-state index contributed by atoms with van der Waals surface area (Å²) < 4.78 is 37.4. The molecule has 0 aromatic rings. The van der Waals surface area contributed by atoms with Gasteiger partial charge in [-0.25, -0.2) is 4.79 Å². The molecule has 0 aliphatic rings. The average molecular weight is 284 g/mol. The van der Waals surface area contributed by atoms with Gasteiger partial charge >= 0.3 is 16.4 Å². The number of likely N-dealkylation sites (N-methyl/N-ethyl adjacent to an activating group) is 1. The Kier molecular flexibility index (Phi) is 8.83. The van der Waals surface area contributed by atoms with Crippen LogP contribution in [0, 0.1) is 0 Å². The molecular formula is C10H22NO6S+. The van der Waals surface area contributed by atoms with Gasteiger partial charge in [-0.2, -0.15) is 8.42 Å². The van der Waals surface area contributed by atoms with Crippen molar-refractivity contribution in [3.05, 3.63) is 12.2 Å². The maximum absolute atomic E-state index is 11.0. The Morgan fingerprint density at radius 3 is 2.00 bits per heavy atom. The first-order valence-electron chi connectivity index (χ1n) is 5.23. The highest BCUT2D eigenvalue weighted by atomic mass is 32.3. The van der Waals surface area contributed by atoms with E-state index < -0.39 is 10.4 Å². The van der Waals surface area contributed by atoms with Crippen molar-refractivity contribution in [3.63, 3.8) is 0 Å². The van der Waals surface area contributed by atoms with E-state index in [4.69, 9.17) is 22.3 Å². The number of hydrogen-bond donors (Lipinski definition) is 2. The zero-order valence-electron chi connectivity index (χ0n) is 11.2. The number of nitrogens with zero attached hydrogens (tertiary/aromatic N) is 1. The number of ether oxygens (including phenoxy) is 1. The Morgan fingerprint density at radius 1 is 1.33 bits per heavy atom. The Balaban J connectivity index is 0. The summed E-state index contributed by atoms with van der Waals surface area (Å²) in [5.41, 5.74) is 0.460. The van der Waals surface area contributed by atoms with Gasteiger partial charge < -0.3 is 9.22 Å². The molecule has 0 spiro atoms. The van der Waals surface area contributed by atoms with Gasteiger partial charge in [0.15, 0.2) is 0 Å². The Labute approximate surface area is 108 Å². The lowest BCUT2D eigenvalue weighted by Gasteiger charge is -2.27. The zero-order valence-corrected chi connectivity index (χ0v) is 12.0. The van der Waals surface area contributed by atoms with Crippen molar-refractivity contribution in [2.45, 2.75) is 13.8 Å². The van der Waals surface area contributed by atoms with Gasteiger partial charge in [-0.3, -0.25) is 9.11 Å². The fourth-order valence-corrected chi connectivity index (χ4v) is 0.667. The molecule has 0 aliphatic heterocycles. The third-order valence-corrected chi connectivity index (χ3v) is 2.13. The maximum atomic E-state index is 11.0. The van der Waals surface area contributed by atoms with Crippen LogP contribution in [0.15, 0.2) is 12.2 Å². The van der Waals surface area contributed by atoms with E-state index in [-0.39, 0.29) is 5.97 Å². The predicted molar refractivity (Wildman–Crippen MR) is 67.5 cm³/mol. The summed E-state index contributed by atoms with van der Waals surface area (Å²) in [5.74, 6) is -0.295. The molecule has 0 heterocycles. The van der Waals surface area contributed by atoms with Crippen LogP contribution in [-0.2, 0) is 19.9 Å².